The number of benzene rings is 2. The number of rotatable bonds is 5. The summed E-state index contributed by atoms with van der Waals surface area (Å²) in [5.41, 5.74) is 2.35. The minimum atomic E-state index is 0.139. The Kier molecular flexibility index (Phi) is 4.23. The van der Waals surface area contributed by atoms with Crippen molar-refractivity contribution < 1.29 is 9.84 Å². The predicted molar refractivity (Wildman–Crippen MR) is 83.7 cm³/mol. The Morgan fingerprint density at radius 1 is 1.05 bits per heavy atom. The lowest BCUT2D eigenvalue weighted by molar-refractivity contribution is 0.274. The highest BCUT2D eigenvalue weighted by molar-refractivity contribution is 5.52. The molecule has 3 nitrogen and oxygen atoms in total. The van der Waals surface area contributed by atoms with Crippen LogP contribution in [0.2, 0.25) is 0 Å². The highest BCUT2D eigenvalue weighted by Gasteiger charge is 2.27. The quantitative estimate of drug-likeness (QED) is 0.880. The molecule has 0 fully saturated rings. The third-order valence-electron chi connectivity index (χ3n) is 3.93. The van der Waals surface area contributed by atoms with E-state index in [1.807, 2.05) is 36.4 Å². The zero-order valence-electron chi connectivity index (χ0n) is 12.3. The standard InChI is InChI=1S/C18H21NO2/c1-13(7-6-12-20)19-18-14-8-2-4-10-16(14)21-17-11-5-3-9-15(17)18/h2-5,8-11,13,18-20H,6-7,12H2,1H3. The van der Waals surface area contributed by atoms with Crippen molar-refractivity contribution >= 4 is 0 Å². The van der Waals surface area contributed by atoms with Crippen molar-refractivity contribution in [3.05, 3.63) is 59.7 Å². The van der Waals surface area contributed by atoms with Gasteiger partial charge in [0, 0.05) is 23.8 Å². The van der Waals surface area contributed by atoms with Crippen LogP contribution in [0.4, 0.5) is 0 Å². The summed E-state index contributed by atoms with van der Waals surface area (Å²) in [7, 11) is 0. The first-order valence-electron chi connectivity index (χ1n) is 7.52. The Hall–Kier alpha value is -1.84. The molecule has 110 valence electrons. The van der Waals surface area contributed by atoms with Crippen molar-refractivity contribution in [1.29, 1.82) is 0 Å². The Morgan fingerprint density at radius 3 is 2.19 bits per heavy atom. The van der Waals surface area contributed by atoms with Crippen LogP contribution >= 0.6 is 0 Å². The number of nitrogens with one attached hydrogen (secondary N) is 1. The second kappa shape index (κ2) is 6.29. The molecule has 0 saturated heterocycles. The molecule has 0 amide bonds. The summed E-state index contributed by atoms with van der Waals surface area (Å²) >= 11 is 0. The van der Waals surface area contributed by atoms with Crippen molar-refractivity contribution in [1.82, 2.24) is 5.32 Å². The first-order valence-corrected chi connectivity index (χ1v) is 7.52. The van der Waals surface area contributed by atoms with Crippen molar-refractivity contribution in [3.8, 4) is 11.5 Å². The molecule has 1 aliphatic heterocycles. The fourth-order valence-corrected chi connectivity index (χ4v) is 2.85. The third-order valence-corrected chi connectivity index (χ3v) is 3.93. The van der Waals surface area contributed by atoms with E-state index in [9.17, 15) is 0 Å². The molecule has 3 rings (SSSR count). The lowest BCUT2D eigenvalue weighted by Gasteiger charge is -2.31. The summed E-state index contributed by atoms with van der Waals surface area (Å²) in [6.07, 6.45) is 1.78. The SMILES string of the molecule is CC(CCCO)NC1c2ccccc2Oc2ccccc21. The van der Waals surface area contributed by atoms with Gasteiger partial charge in [0.15, 0.2) is 0 Å². The minimum absolute atomic E-state index is 0.139. The van der Waals surface area contributed by atoms with Gasteiger partial charge in [-0.1, -0.05) is 36.4 Å². The van der Waals surface area contributed by atoms with Crippen molar-refractivity contribution in [2.24, 2.45) is 0 Å². The predicted octanol–water partition coefficient (Wildman–Crippen LogP) is 3.63. The monoisotopic (exact) mass is 283 g/mol. The second-order valence-electron chi connectivity index (χ2n) is 5.54. The molecular formula is C18H21NO2. The van der Waals surface area contributed by atoms with E-state index in [4.69, 9.17) is 9.84 Å². The van der Waals surface area contributed by atoms with Crippen molar-refractivity contribution in [3.63, 3.8) is 0 Å². The number of aliphatic hydroxyl groups is 1. The van der Waals surface area contributed by atoms with Crippen LogP contribution in [0.15, 0.2) is 48.5 Å². The van der Waals surface area contributed by atoms with Crippen LogP contribution in [0.3, 0.4) is 0 Å². The van der Waals surface area contributed by atoms with Gasteiger partial charge in [-0.2, -0.15) is 0 Å². The molecule has 1 heterocycles. The van der Waals surface area contributed by atoms with E-state index in [0.29, 0.717) is 6.04 Å². The smallest absolute Gasteiger partial charge is 0.132 e. The van der Waals surface area contributed by atoms with Crippen LogP contribution in [0.1, 0.15) is 36.9 Å². The van der Waals surface area contributed by atoms with Gasteiger partial charge in [0.2, 0.25) is 0 Å². The lowest BCUT2D eigenvalue weighted by atomic mass is 9.93. The van der Waals surface area contributed by atoms with Crippen LogP contribution in [0.5, 0.6) is 11.5 Å². The van der Waals surface area contributed by atoms with Crippen LogP contribution in [0, 0.1) is 0 Å². The minimum Gasteiger partial charge on any atom is -0.457 e. The molecular weight excluding hydrogens is 262 g/mol. The number of para-hydroxylation sites is 2. The van der Waals surface area contributed by atoms with E-state index in [2.05, 4.69) is 24.4 Å². The maximum atomic E-state index is 8.99. The third kappa shape index (κ3) is 2.94. The van der Waals surface area contributed by atoms with E-state index in [0.717, 1.165) is 24.3 Å². The zero-order valence-corrected chi connectivity index (χ0v) is 12.3. The summed E-state index contributed by atoms with van der Waals surface area (Å²) in [6.45, 7) is 2.41. The van der Waals surface area contributed by atoms with Gasteiger partial charge in [-0.3, -0.25) is 0 Å². The van der Waals surface area contributed by atoms with E-state index in [1.165, 1.54) is 11.1 Å². The largest absolute Gasteiger partial charge is 0.457 e. The fraction of sp³-hybridized carbons (Fsp3) is 0.333. The van der Waals surface area contributed by atoms with E-state index in [1.54, 1.807) is 0 Å². The Morgan fingerprint density at radius 2 is 1.62 bits per heavy atom. The maximum Gasteiger partial charge on any atom is 0.132 e. The van der Waals surface area contributed by atoms with Gasteiger partial charge in [-0.25, -0.2) is 0 Å². The second-order valence-corrected chi connectivity index (χ2v) is 5.54. The van der Waals surface area contributed by atoms with Crippen molar-refractivity contribution in [2.45, 2.75) is 31.8 Å². The first kappa shape index (κ1) is 14.1. The summed E-state index contributed by atoms with van der Waals surface area (Å²) in [4.78, 5) is 0. The zero-order chi connectivity index (χ0) is 14.7. The Labute approximate surface area is 125 Å². The van der Waals surface area contributed by atoms with Gasteiger partial charge in [-0.05, 0) is 31.9 Å². The number of hydrogen-bond donors (Lipinski definition) is 2. The molecule has 0 radical (unpaired) electrons. The molecule has 2 N–H and O–H groups in total. The number of ether oxygens (including phenoxy) is 1. The average molecular weight is 283 g/mol. The van der Waals surface area contributed by atoms with Gasteiger partial charge in [0.05, 0.1) is 6.04 Å². The molecule has 0 saturated carbocycles. The molecule has 3 heteroatoms. The summed E-state index contributed by atoms with van der Waals surface area (Å²) in [5, 5.41) is 12.7. The van der Waals surface area contributed by atoms with Crippen LogP contribution in [-0.4, -0.2) is 17.8 Å². The molecule has 1 aliphatic rings. The van der Waals surface area contributed by atoms with E-state index in [-0.39, 0.29) is 12.6 Å². The molecule has 2 aromatic rings. The summed E-state index contributed by atoms with van der Waals surface area (Å²) < 4.78 is 5.99. The lowest BCUT2D eigenvalue weighted by Crippen LogP contribution is -2.33. The molecule has 0 spiro atoms. The summed E-state index contributed by atoms with van der Waals surface area (Å²) in [6, 6.07) is 16.8. The van der Waals surface area contributed by atoms with Gasteiger partial charge < -0.3 is 15.2 Å². The number of fused-ring (bicyclic) bond motifs is 2. The molecule has 0 aromatic heterocycles. The highest BCUT2D eigenvalue weighted by atomic mass is 16.5. The molecule has 1 atom stereocenters. The first-order chi connectivity index (χ1) is 10.3. The van der Waals surface area contributed by atoms with E-state index >= 15 is 0 Å². The molecule has 1 unspecified atom stereocenters. The Balaban J connectivity index is 1.91. The molecule has 0 aliphatic carbocycles. The van der Waals surface area contributed by atoms with Gasteiger partial charge in [0.25, 0.3) is 0 Å². The highest BCUT2D eigenvalue weighted by Crippen LogP contribution is 2.42. The van der Waals surface area contributed by atoms with Crippen LogP contribution < -0.4 is 10.1 Å². The molecule has 2 aromatic carbocycles. The molecule has 0 bridgehead atoms. The van der Waals surface area contributed by atoms with Crippen LogP contribution in [0.25, 0.3) is 0 Å². The van der Waals surface area contributed by atoms with Gasteiger partial charge in [0.1, 0.15) is 11.5 Å². The summed E-state index contributed by atoms with van der Waals surface area (Å²) in [5.74, 6) is 1.84. The Bertz CT molecular complexity index is 566. The van der Waals surface area contributed by atoms with Crippen LogP contribution in [-0.2, 0) is 0 Å². The average Bonchev–Trinajstić information content (AvgIpc) is 2.52. The number of aliphatic hydroxyl groups excluding tert-OH is 1. The maximum absolute atomic E-state index is 8.99. The van der Waals surface area contributed by atoms with E-state index < -0.39 is 0 Å². The fourth-order valence-electron chi connectivity index (χ4n) is 2.85. The van der Waals surface area contributed by atoms with Gasteiger partial charge in [-0.15, -0.1) is 0 Å². The topological polar surface area (TPSA) is 41.5 Å². The normalized spacial score (nSPS) is 15.0. The van der Waals surface area contributed by atoms with Gasteiger partial charge >= 0.3 is 0 Å². The van der Waals surface area contributed by atoms with Crippen molar-refractivity contribution in [2.75, 3.05) is 6.61 Å². The molecule has 21 heavy (non-hydrogen) atoms. The number of hydrogen-bond acceptors (Lipinski definition) is 3.